The fraction of sp³-hybridized carbons (Fsp3) is 0.316. The van der Waals surface area contributed by atoms with Gasteiger partial charge in [-0.1, -0.05) is 24.4 Å². The Morgan fingerprint density at radius 2 is 1.93 bits per heavy atom. The maximum atomic E-state index is 15.0. The van der Waals surface area contributed by atoms with E-state index in [9.17, 15) is 13.6 Å². The summed E-state index contributed by atoms with van der Waals surface area (Å²) in [5.74, 6) is -2.37. The van der Waals surface area contributed by atoms with Gasteiger partial charge >= 0.3 is 0 Å². The molecule has 4 N–H and O–H groups in total. The lowest BCUT2D eigenvalue weighted by atomic mass is 10.1. The number of amides is 1. The van der Waals surface area contributed by atoms with Crippen LogP contribution in [-0.2, 0) is 4.84 Å². The van der Waals surface area contributed by atoms with Crippen LogP contribution in [0.4, 0.5) is 20.2 Å². The molecule has 3 aromatic rings. The van der Waals surface area contributed by atoms with Crippen LogP contribution in [0.5, 0.6) is 0 Å². The molecule has 0 fully saturated rings. The molecule has 0 aliphatic heterocycles. The lowest BCUT2D eigenvalue weighted by molar-refractivity contribution is -0.0618. The number of nitrogens with zero attached hydrogens (tertiary/aromatic N) is 2. The Morgan fingerprint density at radius 1 is 1.23 bits per heavy atom. The van der Waals surface area contributed by atoms with Crippen molar-refractivity contribution in [3.05, 3.63) is 47.0 Å². The number of anilines is 2. The standard InChI is InChI=1S/C17H16F2N4O4S.C2H6/c1-8-2-3-12(11(18)4-8)20-15-10(17(26)22-27-9(6-24)7-25)5-13-16(14(15)19)21-23-28-13;1-2/h2-5,9,20,24-25H,6-7H2,1H3,(H,22,26);1-2H3. The molecule has 0 bridgehead atoms. The molecule has 3 rings (SSSR count). The molecule has 11 heteroatoms. The molecular formula is C19H22F2N4O4S. The van der Waals surface area contributed by atoms with Crippen molar-refractivity contribution in [2.24, 2.45) is 0 Å². The number of carbonyl (C=O) groups excluding carboxylic acids is 1. The SMILES string of the molecule is CC.Cc1ccc(Nc2c(C(=O)NOC(CO)CO)cc3snnc3c2F)c(F)c1. The van der Waals surface area contributed by atoms with Gasteiger partial charge < -0.3 is 15.5 Å². The molecule has 0 aliphatic rings. The smallest absolute Gasteiger partial charge is 0.277 e. The van der Waals surface area contributed by atoms with Gasteiger partial charge in [0, 0.05) is 0 Å². The number of aliphatic hydroxyl groups excluding tert-OH is 2. The summed E-state index contributed by atoms with van der Waals surface area (Å²) in [5.41, 5.74) is 2.11. The molecule has 0 aliphatic carbocycles. The molecule has 162 valence electrons. The van der Waals surface area contributed by atoms with E-state index in [0.717, 1.165) is 11.5 Å². The highest BCUT2D eigenvalue weighted by atomic mass is 32.1. The van der Waals surface area contributed by atoms with Gasteiger partial charge in [0.1, 0.15) is 17.4 Å². The minimum atomic E-state index is -1.05. The third-order valence-electron chi connectivity index (χ3n) is 3.84. The molecular weight excluding hydrogens is 418 g/mol. The fourth-order valence-corrected chi connectivity index (χ4v) is 2.96. The first-order valence-electron chi connectivity index (χ1n) is 9.10. The zero-order valence-corrected chi connectivity index (χ0v) is 17.4. The van der Waals surface area contributed by atoms with E-state index < -0.39 is 36.9 Å². The Kier molecular flexibility index (Phi) is 8.54. The van der Waals surface area contributed by atoms with Crippen LogP contribution < -0.4 is 10.8 Å². The number of rotatable bonds is 7. The Bertz CT molecular complexity index is 1010. The van der Waals surface area contributed by atoms with Gasteiger partial charge in [-0.25, -0.2) is 14.3 Å². The van der Waals surface area contributed by atoms with E-state index in [0.29, 0.717) is 10.3 Å². The number of aryl methyl sites for hydroxylation is 1. The summed E-state index contributed by atoms with van der Waals surface area (Å²) >= 11 is 0.883. The minimum Gasteiger partial charge on any atom is -0.393 e. The van der Waals surface area contributed by atoms with Gasteiger partial charge in [0.25, 0.3) is 5.91 Å². The van der Waals surface area contributed by atoms with E-state index in [1.165, 1.54) is 18.2 Å². The molecule has 0 atom stereocenters. The molecule has 0 unspecified atom stereocenters. The predicted octanol–water partition coefficient (Wildman–Crippen LogP) is 3.06. The third kappa shape index (κ3) is 5.25. The summed E-state index contributed by atoms with van der Waals surface area (Å²) in [4.78, 5) is 17.4. The Labute approximate surface area is 175 Å². The highest BCUT2D eigenvalue weighted by Gasteiger charge is 2.23. The second kappa shape index (κ2) is 10.9. The van der Waals surface area contributed by atoms with Gasteiger partial charge in [0.05, 0.1) is 34.9 Å². The number of aromatic nitrogens is 2. The first-order valence-corrected chi connectivity index (χ1v) is 9.87. The normalized spacial score (nSPS) is 10.7. The number of carbonyl (C=O) groups is 1. The largest absolute Gasteiger partial charge is 0.393 e. The number of halogens is 2. The number of hydrogen-bond acceptors (Lipinski definition) is 8. The van der Waals surface area contributed by atoms with E-state index in [-0.39, 0.29) is 22.5 Å². The lowest BCUT2D eigenvalue weighted by Crippen LogP contribution is -2.34. The van der Waals surface area contributed by atoms with Gasteiger partial charge in [0.15, 0.2) is 5.82 Å². The molecule has 0 saturated carbocycles. The van der Waals surface area contributed by atoms with Crippen LogP contribution in [0.15, 0.2) is 24.3 Å². The molecule has 0 saturated heterocycles. The number of aliphatic hydroxyl groups is 2. The monoisotopic (exact) mass is 440 g/mol. The Balaban J connectivity index is 0.00000155. The van der Waals surface area contributed by atoms with Crippen molar-refractivity contribution in [2.45, 2.75) is 26.9 Å². The van der Waals surface area contributed by atoms with Crippen molar-refractivity contribution < 1.29 is 28.6 Å². The van der Waals surface area contributed by atoms with Gasteiger partial charge in [-0.15, -0.1) is 5.10 Å². The second-order valence-electron chi connectivity index (χ2n) is 5.88. The maximum absolute atomic E-state index is 15.0. The summed E-state index contributed by atoms with van der Waals surface area (Å²) in [6.45, 7) is 4.63. The maximum Gasteiger partial charge on any atom is 0.277 e. The van der Waals surface area contributed by atoms with Crippen LogP contribution in [0.1, 0.15) is 29.8 Å². The first kappa shape index (κ1) is 23.5. The van der Waals surface area contributed by atoms with Crippen molar-refractivity contribution in [2.75, 3.05) is 18.5 Å². The second-order valence-corrected chi connectivity index (χ2v) is 6.66. The van der Waals surface area contributed by atoms with Gasteiger partial charge in [-0.3, -0.25) is 9.63 Å². The summed E-state index contributed by atoms with van der Waals surface area (Å²) in [6, 6.07) is 5.64. The third-order valence-corrected chi connectivity index (χ3v) is 4.51. The number of nitrogens with one attached hydrogen (secondary N) is 2. The predicted molar refractivity (Wildman–Crippen MR) is 110 cm³/mol. The molecule has 0 spiro atoms. The van der Waals surface area contributed by atoms with Gasteiger partial charge in [0.2, 0.25) is 0 Å². The zero-order chi connectivity index (χ0) is 22.3. The number of hydrogen-bond donors (Lipinski definition) is 4. The highest BCUT2D eigenvalue weighted by Crippen LogP contribution is 2.32. The number of fused-ring (bicyclic) bond motifs is 1. The van der Waals surface area contributed by atoms with Crippen molar-refractivity contribution in [3.8, 4) is 0 Å². The molecule has 1 aromatic heterocycles. The Hall–Kier alpha value is -2.73. The minimum absolute atomic E-state index is 0.0365. The topological polar surface area (TPSA) is 117 Å². The summed E-state index contributed by atoms with van der Waals surface area (Å²) in [5, 5.41) is 24.3. The lowest BCUT2D eigenvalue weighted by Gasteiger charge is -2.16. The fourth-order valence-electron chi connectivity index (χ4n) is 2.37. The summed E-state index contributed by atoms with van der Waals surface area (Å²) in [6.07, 6.45) is -1.05. The number of hydroxylamine groups is 1. The zero-order valence-electron chi connectivity index (χ0n) is 16.6. The van der Waals surface area contributed by atoms with Crippen LogP contribution in [0, 0.1) is 18.6 Å². The molecule has 8 nitrogen and oxygen atoms in total. The van der Waals surface area contributed by atoms with E-state index in [1.807, 2.05) is 19.3 Å². The highest BCUT2D eigenvalue weighted by molar-refractivity contribution is 7.13. The van der Waals surface area contributed by atoms with E-state index in [4.69, 9.17) is 15.1 Å². The van der Waals surface area contributed by atoms with Crippen LogP contribution in [0.25, 0.3) is 10.2 Å². The van der Waals surface area contributed by atoms with Crippen LogP contribution in [-0.4, -0.2) is 45.0 Å². The molecule has 1 heterocycles. The van der Waals surface area contributed by atoms with Crippen LogP contribution in [0.3, 0.4) is 0 Å². The van der Waals surface area contributed by atoms with Crippen LogP contribution in [0.2, 0.25) is 0 Å². The molecule has 30 heavy (non-hydrogen) atoms. The molecule has 1 amide bonds. The number of benzene rings is 2. The summed E-state index contributed by atoms with van der Waals surface area (Å²) in [7, 11) is 0. The average Bonchev–Trinajstić information content (AvgIpc) is 3.22. The van der Waals surface area contributed by atoms with Crippen molar-refractivity contribution in [1.29, 1.82) is 0 Å². The molecule has 0 radical (unpaired) electrons. The van der Waals surface area contributed by atoms with Crippen molar-refractivity contribution in [3.63, 3.8) is 0 Å². The van der Waals surface area contributed by atoms with Crippen molar-refractivity contribution >= 4 is 39.0 Å². The quantitative estimate of drug-likeness (QED) is 0.417. The van der Waals surface area contributed by atoms with Crippen LogP contribution >= 0.6 is 11.5 Å². The van der Waals surface area contributed by atoms with Gasteiger partial charge in [-0.05, 0) is 42.2 Å². The van der Waals surface area contributed by atoms with E-state index in [1.54, 1.807) is 13.0 Å². The van der Waals surface area contributed by atoms with Crippen molar-refractivity contribution in [1.82, 2.24) is 15.1 Å². The average molecular weight is 440 g/mol. The van der Waals surface area contributed by atoms with E-state index in [2.05, 4.69) is 14.9 Å². The molecule has 2 aromatic carbocycles. The Morgan fingerprint density at radius 3 is 2.57 bits per heavy atom. The first-order chi connectivity index (χ1) is 14.4. The summed E-state index contributed by atoms with van der Waals surface area (Å²) < 4.78 is 33.1. The van der Waals surface area contributed by atoms with E-state index >= 15 is 0 Å². The van der Waals surface area contributed by atoms with Gasteiger partial charge in [-0.2, -0.15) is 0 Å².